The predicted octanol–water partition coefficient (Wildman–Crippen LogP) is 1.79. The molecule has 0 radical (unpaired) electrons. The van der Waals surface area contributed by atoms with Gasteiger partial charge in [-0.15, -0.1) is 0 Å². The Morgan fingerprint density at radius 3 is 2.16 bits per heavy atom. The number of hydrogen-bond donors (Lipinski definition) is 2. The van der Waals surface area contributed by atoms with Crippen LogP contribution < -0.4 is 11.1 Å². The van der Waals surface area contributed by atoms with Crippen molar-refractivity contribution >= 4 is 5.91 Å². The number of ether oxygens (including phenoxy) is 1. The number of nitrogens with one attached hydrogen (secondary N) is 1. The van der Waals surface area contributed by atoms with Crippen molar-refractivity contribution in [3.8, 4) is 0 Å². The molecule has 1 amide bonds. The maximum absolute atomic E-state index is 12.5. The Bertz CT molecular complexity index is 276. The number of carbonyl (C=O) groups is 1. The highest BCUT2D eigenvalue weighted by Gasteiger charge is 2.38. The van der Waals surface area contributed by atoms with Crippen molar-refractivity contribution in [2.24, 2.45) is 28.9 Å². The van der Waals surface area contributed by atoms with Crippen LogP contribution in [0.2, 0.25) is 0 Å². The van der Waals surface area contributed by atoms with Gasteiger partial charge in [-0.1, -0.05) is 27.7 Å². The molecule has 0 bridgehead atoms. The summed E-state index contributed by atoms with van der Waals surface area (Å²) in [6.45, 7) is 11.3. The summed E-state index contributed by atoms with van der Waals surface area (Å²) >= 11 is 0. The number of carbonyl (C=O) groups excluding carboxylic acids is 1. The lowest BCUT2D eigenvalue weighted by molar-refractivity contribution is -0.136. The molecular weight excluding hydrogens is 240 g/mol. The van der Waals surface area contributed by atoms with Crippen molar-refractivity contribution in [1.29, 1.82) is 0 Å². The SMILES string of the molecule is CC(C)C(CNC(=O)C1(CN)CCOCC1)C(C)C. The largest absolute Gasteiger partial charge is 0.381 e. The summed E-state index contributed by atoms with van der Waals surface area (Å²) in [5.41, 5.74) is 5.44. The van der Waals surface area contributed by atoms with E-state index in [4.69, 9.17) is 10.5 Å². The summed E-state index contributed by atoms with van der Waals surface area (Å²) < 4.78 is 5.34. The maximum Gasteiger partial charge on any atom is 0.227 e. The minimum Gasteiger partial charge on any atom is -0.381 e. The van der Waals surface area contributed by atoms with Crippen molar-refractivity contribution in [2.45, 2.75) is 40.5 Å². The first-order valence-corrected chi connectivity index (χ1v) is 7.49. The van der Waals surface area contributed by atoms with Crippen molar-refractivity contribution in [3.05, 3.63) is 0 Å². The smallest absolute Gasteiger partial charge is 0.227 e. The molecule has 1 saturated heterocycles. The van der Waals surface area contributed by atoms with E-state index in [0.29, 0.717) is 37.5 Å². The molecule has 1 heterocycles. The Kier molecular flexibility index (Phi) is 6.27. The first-order valence-electron chi connectivity index (χ1n) is 7.49. The Balaban J connectivity index is 2.57. The summed E-state index contributed by atoms with van der Waals surface area (Å²) in [6.07, 6.45) is 1.48. The highest BCUT2D eigenvalue weighted by molar-refractivity contribution is 5.83. The van der Waals surface area contributed by atoms with Gasteiger partial charge in [-0.2, -0.15) is 0 Å². The highest BCUT2D eigenvalue weighted by atomic mass is 16.5. The number of rotatable bonds is 6. The lowest BCUT2D eigenvalue weighted by Crippen LogP contribution is -2.50. The normalized spacial score (nSPS) is 19.2. The van der Waals surface area contributed by atoms with Gasteiger partial charge in [-0.3, -0.25) is 4.79 Å². The molecule has 1 rings (SSSR count). The van der Waals surface area contributed by atoms with Crippen LogP contribution in [0.3, 0.4) is 0 Å². The summed E-state index contributed by atoms with van der Waals surface area (Å²) in [5, 5.41) is 3.13. The van der Waals surface area contributed by atoms with Gasteiger partial charge in [0.2, 0.25) is 5.91 Å². The first kappa shape index (κ1) is 16.4. The van der Waals surface area contributed by atoms with Gasteiger partial charge >= 0.3 is 0 Å². The lowest BCUT2D eigenvalue weighted by Gasteiger charge is -2.35. The second-order valence-corrected chi connectivity index (χ2v) is 6.46. The average molecular weight is 270 g/mol. The quantitative estimate of drug-likeness (QED) is 0.773. The van der Waals surface area contributed by atoms with Gasteiger partial charge < -0.3 is 15.8 Å². The zero-order chi connectivity index (χ0) is 14.5. The fraction of sp³-hybridized carbons (Fsp3) is 0.933. The average Bonchev–Trinajstić information content (AvgIpc) is 2.38. The summed E-state index contributed by atoms with van der Waals surface area (Å²) in [5.74, 6) is 1.77. The molecule has 0 spiro atoms. The second-order valence-electron chi connectivity index (χ2n) is 6.46. The molecule has 0 aromatic rings. The highest BCUT2D eigenvalue weighted by Crippen LogP contribution is 2.30. The van der Waals surface area contributed by atoms with Crippen LogP contribution in [-0.4, -0.2) is 32.2 Å². The van der Waals surface area contributed by atoms with Crippen LogP contribution in [-0.2, 0) is 9.53 Å². The van der Waals surface area contributed by atoms with E-state index in [1.807, 2.05) is 0 Å². The monoisotopic (exact) mass is 270 g/mol. The third kappa shape index (κ3) is 4.18. The van der Waals surface area contributed by atoms with Gasteiger partial charge in [0, 0.05) is 26.3 Å². The van der Waals surface area contributed by atoms with Crippen LogP contribution in [0.4, 0.5) is 0 Å². The van der Waals surface area contributed by atoms with Crippen molar-refractivity contribution < 1.29 is 9.53 Å². The zero-order valence-electron chi connectivity index (χ0n) is 12.9. The first-order chi connectivity index (χ1) is 8.93. The zero-order valence-corrected chi connectivity index (χ0v) is 12.9. The molecule has 0 atom stereocenters. The molecular formula is C15H30N2O2. The van der Waals surface area contributed by atoms with E-state index >= 15 is 0 Å². The van der Waals surface area contributed by atoms with E-state index in [9.17, 15) is 4.79 Å². The molecule has 3 N–H and O–H groups in total. The third-order valence-electron chi connectivity index (χ3n) is 4.53. The van der Waals surface area contributed by atoms with E-state index in [1.165, 1.54) is 0 Å². The molecule has 0 aromatic carbocycles. The number of hydrogen-bond acceptors (Lipinski definition) is 3. The van der Waals surface area contributed by atoms with Gasteiger partial charge in [-0.05, 0) is 30.6 Å². The molecule has 1 aliphatic rings. The molecule has 0 unspecified atom stereocenters. The Morgan fingerprint density at radius 1 is 1.21 bits per heavy atom. The van der Waals surface area contributed by atoms with Crippen LogP contribution in [0, 0.1) is 23.2 Å². The van der Waals surface area contributed by atoms with Crippen LogP contribution in [0.15, 0.2) is 0 Å². The summed E-state index contributed by atoms with van der Waals surface area (Å²) in [6, 6.07) is 0. The molecule has 4 heteroatoms. The number of nitrogens with two attached hydrogens (primary N) is 1. The minimum atomic E-state index is -0.406. The van der Waals surface area contributed by atoms with Gasteiger partial charge in [0.05, 0.1) is 5.41 Å². The van der Waals surface area contributed by atoms with Gasteiger partial charge in [0.15, 0.2) is 0 Å². The van der Waals surface area contributed by atoms with E-state index in [-0.39, 0.29) is 5.91 Å². The molecule has 1 fully saturated rings. The lowest BCUT2D eigenvalue weighted by atomic mass is 9.79. The molecule has 4 nitrogen and oxygen atoms in total. The van der Waals surface area contributed by atoms with Crippen LogP contribution in [0.25, 0.3) is 0 Å². The van der Waals surface area contributed by atoms with Crippen molar-refractivity contribution in [1.82, 2.24) is 5.32 Å². The van der Waals surface area contributed by atoms with Gasteiger partial charge in [0.25, 0.3) is 0 Å². The fourth-order valence-electron chi connectivity index (χ4n) is 2.93. The van der Waals surface area contributed by atoms with Crippen LogP contribution in [0.5, 0.6) is 0 Å². The Hall–Kier alpha value is -0.610. The predicted molar refractivity (Wildman–Crippen MR) is 77.7 cm³/mol. The third-order valence-corrected chi connectivity index (χ3v) is 4.53. The number of amides is 1. The van der Waals surface area contributed by atoms with Crippen molar-refractivity contribution in [3.63, 3.8) is 0 Å². The molecule has 1 aliphatic heterocycles. The fourth-order valence-corrected chi connectivity index (χ4v) is 2.93. The summed E-state index contributed by atoms with van der Waals surface area (Å²) in [4.78, 5) is 12.5. The molecule has 112 valence electrons. The second kappa shape index (κ2) is 7.25. The summed E-state index contributed by atoms with van der Waals surface area (Å²) in [7, 11) is 0. The van der Waals surface area contributed by atoms with Crippen LogP contribution in [0.1, 0.15) is 40.5 Å². The van der Waals surface area contributed by atoms with E-state index in [0.717, 1.165) is 19.4 Å². The molecule has 0 aromatic heterocycles. The maximum atomic E-state index is 12.5. The standard InChI is InChI=1S/C15H30N2O2/c1-11(2)13(12(3)4)9-17-14(18)15(10-16)5-7-19-8-6-15/h11-13H,5-10,16H2,1-4H3,(H,17,18). The van der Waals surface area contributed by atoms with E-state index < -0.39 is 5.41 Å². The Morgan fingerprint density at radius 2 is 1.74 bits per heavy atom. The topological polar surface area (TPSA) is 64.4 Å². The van der Waals surface area contributed by atoms with Gasteiger partial charge in [0.1, 0.15) is 0 Å². The molecule has 0 saturated carbocycles. The molecule has 0 aliphatic carbocycles. The van der Waals surface area contributed by atoms with Gasteiger partial charge in [-0.25, -0.2) is 0 Å². The Labute approximate surface area is 117 Å². The minimum absolute atomic E-state index is 0.115. The van der Waals surface area contributed by atoms with Crippen LogP contribution >= 0.6 is 0 Å². The van der Waals surface area contributed by atoms with E-state index in [1.54, 1.807) is 0 Å². The van der Waals surface area contributed by atoms with E-state index in [2.05, 4.69) is 33.0 Å². The van der Waals surface area contributed by atoms with Crippen molar-refractivity contribution in [2.75, 3.05) is 26.3 Å². The molecule has 19 heavy (non-hydrogen) atoms.